The van der Waals surface area contributed by atoms with Gasteiger partial charge in [0.05, 0.1) is 19.3 Å². The minimum atomic E-state index is 0.146. The fourth-order valence-electron chi connectivity index (χ4n) is 3.51. The standard InChI is InChI=1S/C20H27N5O2/c1-24(2)13-18(26)25-10-4-5-15(12-25)19-17(11-22-20(21)23-19)14-6-8-16(27-3)9-7-14/h6-9,11,15H,4-5,10,12-13H2,1-3H3,(H2,21,22,23). The van der Waals surface area contributed by atoms with Gasteiger partial charge in [-0.05, 0) is 44.6 Å². The Bertz CT molecular complexity index is 791. The Morgan fingerprint density at radius 2 is 2.07 bits per heavy atom. The van der Waals surface area contributed by atoms with Crippen molar-refractivity contribution in [2.24, 2.45) is 0 Å². The van der Waals surface area contributed by atoms with Crippen LogP contribution in [0.1, 0.15) is 24.5 Å². The van der Waals surface area contributed by atoms with Crippen molar-refractivity contribution < 1.29 is 9.53 Å². The number of piperidine rings is 1. The second-order valence-corrected chi connectivity index (χ2v) is 7.17. The number of anilines is 1. The van der Waals surface area contributed by atoms with Gasteiger partial charge in [-0.1, -0.05) is 12.1 Å². The van der Waals surface area contributed by atoms with Gasteiger partial charge < -0.3 is 20.3 Å². The van der Waals surface area contributed by atoms with Crippen LogP contribution in [0.15, 0.2) is 30.5 Å². The normalized spacial score (nSPS) is 17.2. The first-order valence-electron chi connectivity index (χ1n) is 9.17. The van der Waals surface area contributed by atoms with E-state index in [-0.39, 0.29) is 17.8 Å². The maximum absolute atomic E-state index is 12.5. The van der Waals surface area contributed by atoms with Gasteiger partial charge in [0.1, 0.15) is 5.75 Å². The van der Waals surface area contributed by atoms with Crippen molar-refractivity contribution in [3.05, 3.63) is 36.2 Å². The number of hydrogen-bond donors (Lipinski definition) is 1. The van der Waals surface area contributed by atoms with E-state index >= 15 is 0 Å². The quantitative estimate of drug-likeness (QED) is 0.868. The molecule has 1 unspecified atom stereocenters. The number of ether oxygens (including phenoxy) is 1. The molecular formula is C20H27N5O2. The molecule has 1 atom stereocenters. The molecule has 0 radical (unpaired) electrons. The second-order valence-electron chi connectivity index (χ2n) is 7.17. The molecule has 1 amide bonds. The van der Waals surface area contributed by atoms with Crippen LogP contribution in [0.25, 0.3) is 11.1 Å². The molecule has 0 spiro atoms. The van der Waals surface area contributed by atoms with Gasteiger partial charge >= 0.3 is 0 Å². The highest BCUT2D eigenvalue weighted by molar-refractivity contribution is 5.78. The summed E-state index contributed by atoms with van der Waals surface area (Å²) >= 11 is 0. The number of amides is 1. The highest BCUT2D eigenvalue weighted by atomic mass is 16.5. The van der Waals surface area contributed by atoms with Crippen LogP contribution in [0, 0.1) is 0 Å². The van der Waals surface area contributed by atoms with E-state index in [9.17, 15) is 4.79 Å². The Morgan fingerprint density at radius 1 is 1.33 bits per heavy atom. The van der Waals surface area contributed by atoms with E-state index in [1.54, 1.807) is 13.3 Å². The lowest BCUT2D eigenvalue weighted by molar-refractivity contribution is -0.133. The molecule has 1 fully saturated rings. The fraction of sp³-hybridized carbons (Fsp3) is 0.450. The minimum Gasteiger partial charge on any atom is -0.497 e. The van der Waals surface area contributed by atoms with E-state index in [0.29, 0.717) is 13.1 Å². The first-order valence-corrected chi connectivity index (χ1v) is 9.17. The van der Waals surface area contributed by atoms with Crippen LogP contribution in [0.3, 0.4) is 0 Å². The molecule has 7 nitrogen and oxygen atoms in total. The van der Waals surface area contributed by atoms with Crippen LogP contribution in [0.2, 0.25) is 0 Å². The van der Waals surface area contributed by atoms with Crippen LogP contribution < -0.4 is 10.5 Å². The third-order valence-corrected chi connectivity index (χ3v) is 4.85. The third-order valence-electron chi connectivity index (χ3n) is 4.85. The number of carbonyl (C=O) groups excluding carboxylic acids is 1. The predicted molar refractivity (Wildman–Crippen MR) is 106 cm³/mol. The van der Waals surface area contributed by atoms with Crippen LogP contribution >= 0.6 is 0 Å². The predicted octanol–water partition coefficient (Wildman–Crippen LogP) is 2.00. The number of rotatable bonds is 5. The van der Waals surface area contributed by atoms with E-state index in [2.05, 4.69) is 9.97 Å². The van der Waals surface area contributed by atoms with Gasteiger partial charge in [-0.15, -0.1) is 0 Å². The van der Waals surface area contributed by atoms with Crippen molar-refractivity contribution in [3.63, 3.8) is 0 Å². The Morgan fingerprint density at radius 3 is 2.74 bits per heavy atom. The van der Waals surface area contributed by atoms with E-state index in [4.69, 9.17) is 10.5 Å². The van der Waals surface area contributed by atoms with Crippen molar-refractivity contribution in [1.29, 1.82) is 0 Å². The molecule has 7 heteroatoms. The number of methoxy groups -OCH3 is 1. The van der Waals surface area contributed by atoms with Crippen LogP contribution in [0.4, 0.5) is 5.95 Å². The van der Waals surface area contributed by atoms with Crippen molar-refractivity contribution in [2.75, 3.05) is 46.6 Å². The number of carbonyl (C=O) groups is 1. The molecule has 0 bridgehead atoms. The van der Waals surface area contributed by atoms with Crippen molar-refractivity contribution in [2.45, 2.75) is 18.8 Å². The number of benzene rings is 1. The summed E-state index contributed by atoms with van der Waals surface area (Å²) in [6, 6.07) is 7.83. The molecule has 27 heavy (non-hydrogen) atoms. The zero-order valence-corrected chi connectivity index (χ0v) is 16.2. The number of nitrogens with two attached hydrogens (primary N) is 1. The summed E-state index contributed by atoms with van der Waals surface area (Å²) in [7, 11) is 5.46. The lowest BCUT2D eigenvalue weighted by Gasteiger charge is -2.34. The summed E-state index contributed by atoms with van der Waals surface area (Å²) in [6.07, 6.45) is 3.71. The number of likely N-dealkylation sites (tertiary alicyclic amines) is 1. The Kier molecular flexibility index (Phi) is 5.91. The summed E-state index contributed by atoms with van der Waals surface area (Å²) in [5, 5.41) is 0. The molecule has 0 saturated carbocycles. The van der Waals surface area contributed by atoms with Gasteiger partial charge in [0.25, 0.3) is 0 Å². The second kappa shape index (κ2) is 8.35. The van der Waals surface area contributed by atoms with Crippen LogP contribution in [-0.4, -0.2) is 66.5 Å². The molecule has 1 saturated heterocycles. The Balaban J connectivity index is 1.88. The van der Waals surface area contributed by atoms with E-state index in [0.717, 1.165) is 42.0 Å². The zero-order valence-electron chi connectivity index (χ0n) is 16.2. The summed E-state index contributed by atoms with van der Waals surface area (Å²) in [4.78, 5) is 25.1. The summed E-state index contributed by atoms with van der Waals surface area (Å²) in [5.41, 5.74) is 8.77. The van der Waals surface area contributed by atoms with Gasteiger partial charge in [0, 0.05) is 30.8 Å². The zero-order chi connectivity index (χ0) is 19.4. The number of nitrogens with zero attached hydrogens (tertiary/aromatic N) is 4. The van der Waals surface area contributed by atoms with E-state index < -0.39 is 0 Å². The highest BCUT2D eigenvalue weighted by Crippen LogP contribution is 2.34. The first-order chi connectivity index (χ1) is 13.0. The van der Waals surface area contributed by atoms with Crippen LogP contribution in [-0.2, 0) is 4.79 Å². The number of aromatic nitrogens is 2. The van der Waals surface area contributed by atoms with Gasteiger partial charge in [-0.25, -0.2) is 9.97 Å². The van der Waals surface area contributed by atoms with Crippen molar-refractivity contribution >= 4 is 11.9 Å². The third kappa shape index (κ3) is 4.54. The maximum atomic E-state index is 12.5. The average molecular weight is 369 g/mol. The molecule has 2 heterocycles. The Hall–Kier alpha value is -2.67. The van der Waals surface area contributed by atoms with Gasteiger partial charge in [0.2, 0.25) is 11.9 Å². The van der Waals surface area contributed by atoms with E-state index in [1.807, 2.05) is 48.2 Å². The highest BCUT2D eigenvalue weighted by Gasteiger charge is 2.28. The molecule has 144 valence electrons. The maximum Gasteiger partial charge on any atom is 0.236 e. The van der Waals surface area contributed by atoms with Crippen molar-refractivity contribution in [3.8, 4) is 16.9 Å². The van der Waals surface area contributed by atoms with Crippen LogP contribution in [0.5, 0.6) is 5.75 Å². The molecule has 3 rings (SSSR count). The average Bonchev–Trinajstić information content (AvgIpc) is 2.67. The molecule has 2 N–H and O–H groups in total. The molecule has 0 aliphatic carbocycles. The molecule has 1 aliphatic rings. The smallest absolute Gasteiger partial charge is 0.236 e. The van der Waals surface area contributed by atoms with Crippen molar-refractivity contribution in [1.82, 2.24) is 19.8 Å². The molecule has 2 aromatic rings. The Labute approximate surface area is 160 Å². The molecule has 1 aromatic carbocycles. The topological polar surface area (TPSA) is 84.6 Å². The lowest BCUT2D eigenvalue weighted by Crippen LogP contribution is -2.43. The fourth-order valence-corrected chi connectivity index (χ4v) is 3.51. The summed E-state index contributed by atoms with van der Waals surface area (Å²) < 4.78 is 5.24. The lowest BCUT2D eigenvalue weighted by atomic mass is 9.90. The molecular weight excluding hydrogens is 342 g/mol. The monoisotopic (exact) mass is 369 g/mol. The minimum absolute atomic E-state index is 0.146. The largest absolute Gasteiger partial charge is 0.497 e. The number of hydrogen-bond acceptors (Lipinski definition) is 6. The molecule has 1 aliphatic heterocycles. The number of likely N-dealkylation sites (N-methyl/N-ethyl adjacent to an activating group) is 1. The van der Waals surface area contributed by atoms with Gasteiger partial charge in [0.15, 0.2) is 0 Å². The summed E-state index contributed by atoms with van der Waals surface area (Å²) in [5.74, 6) is 1.36. The molecule has 1 aromatic heterocycles. The van der Waals surface area contributed by atoms with Gasteiger partial charge in [-0.2, -0.15) is 0 Å². The number of nitrogen functional groups attached to an aromatic ring is 1. The summed E-state index contributed by atoms with van der Waals surface area (Å²) in [6.45, 7) is 1.87. The van der Waals surface area contributed by atoms with Gasteiger partial charge in [-0.3, -0.25) is 4.79 Å². The van der Waals surface area contributed by atoms with E-state index in [1.165, 1.54) is 0 Å². The first kappa shape index (κ1) is 19.1. The SMILES string of the molecule is COc1ccc(-c2cnc(N)nc2C2CCCN(C(=O)CN(C)C)C2)cc1.